The summed E-state index contributed by atoms with van der Waals surface area (Å²) in [5, 5.41) is 8.67. The SMILES string of the molecule is CCCCCCCCN(CCCCCCCC)C(=O)CCCCCCC(=O)O. The molecule has 0 atom stereocenters. The third-order valence-electron chi connectivity index (χ3n) is 5.45. The Kier molecular flexibility index (Phi) is 19.9. The number of carboxylic acid groups (broad SMARTS) is 1. The smallest absolute Gasteiger partial charge is 0.303 e. The van der Waals surface area contributed by atoms with Crippen molar-refractivity contribution in [3.8, 4) is 0 Å². The standard InChI is InChI=1S/C24H47NO3/c1-3-5-7-9-13-17-21-25(22-18-14-10-8-6-4-2)23(26)19-15-11-12-16-20-24(27)28/h3-22H2,1-2H3,(H,27,28). The number of rotatable bonds is 21. The molecule has 0 aliphatic heterocycles. The van der Waals surface area contributed by atoms with Crippen molar-refractivity contribution in [2.45, 2.75) is 129 Å². The third kappa shape index (κ3) is 18.3. The van der Waals surface area contributed by atoms with E-state index in [1.807, 2.05) is 0 Å². The molecule has 4 nitrogen and oxygen atoms in total. The van der Waals surface area contributed by atoms with Gasteiger partial charge in [0.1, 0.15) is 0 Å². The summed E-state index contributed by atoms with van der Waals surface area (Å²) in [6.07, 6.45) is 19.5. The molecular formula is C24H47NO3. The Hall–Kier alpha value is -1.06. The van der Waals surface area contributed by atoms with E-state index in [9.17, 15) is 9.59 Å². The molecule has 28 heavy (non-hydrogen) atoms. The van der Waals surface area contributed by atoms with Crippen molar-refractivity contribution in [1.29, 1.82) is 0 Å². The Labute approximate surface area is 174 Å². The number of carbonyl (C=O) groups is 2. The average Bonchev–Trinajstić information content (AvgIpc) is 2.67. The summed E-state index contributed by atoms with van der Waals surface area (Å²) in [6, 6.07) is 0. The fourth-order valence-corrected chi connectivity index (χ4v) is 3.59. The molecule has 0 spiro atoms. The quantitative estimate of drug-likeness (QED) is 0.213. The second kappa shape index (κ2) is 20.7. The van der Waals surface area contributed by atoms with Gasteiger partial charge in [-0.3, -0.25) is 9.59 Å². The van der Waals surface area contributed by atoms with Gasteiger partial charge in [0.15, 0.2) is 0 Å². The van der Waals surface area contributed by atoms with Gasteiger partial charge in [-0.05, 0) is 25.7 Å². The first-order chi connectivity index (χ1) is 13.6. The molecule has 4 heteroatoms. The zero-order valence-electron chi connectivity index (χ0n) is 18.9. The van der Waals surface area contributed by atoms with E-state index in [-0.39, 0.29) is 6.42 Å². The van der Waals surface area contributed by atoms with Gasteiger partial charge in [0, 0.05) is 25.9 Å². The van der Waals surface area contributed by atoms with Crippen LogP contribution in [0.15, 0.2) is 0 Å². The first-order valence-electron chi connectivity index (χ1n) is 12.1. The van der Waals surface area contributed by atoms with Crippen molar-refractivity contribution in [3.63, 3.8) is 0 Å². The summed E-state index contributed by atoms with van der Waals surface area (Å²) < 4.78 is 0. The molecule has 0 radical (unpaired) electrons. The van der Waals surface area contributed by atoms with Crippen molar-refractivity contribution in [2.24, 2.45) is 0 Å². The van der Waals surface area contributed by atoms with Crippen LogP contribution in [-0.4, -0.2) is 35.0 Å². The van der Waals surface area contributed by atoms with E-state index in [2.05, 4.69) is 18.7 Å². The number of amides is 1. The number of carboxylic acids is 1. The Morgan fingerprint density at radius 1 is 0.571 bits per heavy atom. The summed E-state index contributed by atoms with van der Waals surface area (Å²) in [6.45, 7) is 6.31. The normalized spacial score (nSPS) is 10.9. The number of carbonyl (C=O) groups excluding carboxylic acids is 1. The number of aliphatic carboxylic acids is 1. The van der Waals surface area contributed by atoms with Crippen LogP contribution in [-0.2, 0) is 9.59 Å². The lowest BCUT2D eigenvalue weighted by Gasteiger charge is -2.23. The maximum absolute atomic E-state index is 12.6. The maximum atomic E-state index is 12.6. The van der Waals surface area contributed by atoms with E-state index in [0.717, 1.165) is 51.6 Å². The highest BCUT2D eigenvalue weighted by atomic mass is 16.4. The van der Waals surface area contributed by atoms with Crippen molar-refractivity contribution >= 4 is 11.9 Å². The van der Waals surface area contributed by atoms with Crippen LogP contribution in [0.2, 0.25) is 0 Å². The average molecular weight is 398 g/mol. The van der Waals surface area contributed by atoms with Crippen LogP contribution in [0.3, 0.4) is 0 Å². The van der Waals surface area contributed by atoms with Gasteiger partial charge in [-0.1, -0.05) is 90.9 Å². The topological polar surface area (TPSA) is 57.6 Å². The van der Waals surface area contributed by atoms with Crippen molar-refractivity contribution < 1.29 is 14.7 Å². The van der Waals surface area contributed by atoms with Crippen molar-refractivity contribution in [1.82, 2.24) is 4.90 Å². The zero-order chi connectivity index (χ0) is 20.9. The van der Waals surface area contributed by atoms with E-state index in [4.69, 9.17) is 5.11 Å². The Morgan fingerprint density at radius 2 is 0.964 bits per heavy atom. The van der Waals surface area contributed by atoms with Gasteiger partial charge in [-0.15, -0.1) is 0 Å². The van der Waals surface area contributed by atoms with Crippen LogP contribution in [0.25, 0.3) is 0 Å². The summed E-state index contributed by atoms with van der Waals surface area (Å²) in [7, 11) is 0. The number of unbranched alkanes of at least 4 members (excludes halogenated alkanes) is 13. The highest BCUT2D eigenvalue weighted by molar-refractivity contribution is 5.76. The highest BCUT2D eigenvalue weighted by Gasteiger charge is 2.12. The Bertz CT molecular complexity index is 355. The van der Waals surface area contributed by atoms with Gasteiger partial charge in [0.25, 0.3) is 0 Å². The first kappa shape index (κ1) is 26.9. The molecule has 1 amide bonds. The molecule has 0 saturated carbocycles. The minimum Gasteiger partial charge on any atom is -0.481 e. The molecule has 0 aromatic rings. The van der Waals surface area contributed by atoms with E-state index < -0.39 is 5.97 Å². The molecule has 0 fully saturated rings. The second-order valence-electron chi connectivity index (χ2n) is 8.22. The summed E-state index contributed by atoms with van der Waals surface area (Å²) >= 11 is 0. The number of hydrogen-bond donors (Lipinski definition) is 1. The highest BCUT2D eigenvalue weighted by Crippen LogP contribution is 2.12. The van der Waals surface area contributed by atoms with Crippen LogP contribution in [0.1, 0.15) is 129 Å². The number of nitrogens with zero attached hydrogens (tertiary/aromatic N) is 1. The molecule has 0 rings (SSSR count). The number of hydrogen-bond acceptors (Lipinski definition) is 2. The van der Waals surface area contributed by atoms with E-state index in [1.54, 1.807) is 0 Å². The molecule has 0 aliphatic carbocycles. The fraction of sp³-hybridized carbons (Fsp3) is 0.917. The molecule has 0 unspecified atom stereocenters. The molecule has 0 aromatic carbocycles. The molecule has 1 N–H and O–H groups in total. The molecule has 0 bridgehead atoms. The van der Waals surface area contributed by atoms with Crippen molar-refractivity contribution in [3.05, 3.63) is 0 Å². The summed E-state index contributed by atoms with van der Waals surface area (Å²) in [4.78, 5) is 25.3. The first-order valence-corrected chi connectivity index (χ1v) is 12.1. The van der Waals surface area contributed by atoms with Gasteiger partial charge < -0.3 is 10.0 Å². The maximum Gasteiger partial charge on any atom is 0.303 e. The molecule has 0 aliphatic rings. The molecular weight excluding hydrogens is 350 g/mol. The monoisotopic (exact) mass is 397 g/mol. The van der Waals surface area contributed by atoms with Crippen LogP contribution in [0, 0.1) is 0 Å². The minimum atomic E-state index is -0.722. The fourth-order valence-electron chi connectivity index (χ4n) is 3.59. The predicted octanol–water partition coefficient (Wildman–Crippen LogP) is 6.96. The van der Waals surface area contributed by atoms with Gasteiger partial charge >= 0.3 is 5.97 Å². The summed E-state index contributed by atoms with van der Waals surface area (Å²) in [5.74, 6) is -0.416. The lowest BCUT2D eigenvalue weighted by Crippen LogP contribution is -2.32. The summed E-state index contributed by atoms with van der Waals surface area (Å²) in [5.41, 5.74) is 0. The van der Waals surface area contributed by atoms with Crippen LogP contribution < -0.4 is 0 Å². The second-order valence-corrected chi connectivity index (χ2v) is 8.22. The lowest BCUT2D eigenvalue weighted by molar-refractivity contribution is -0.137. The minimum absolute atomic E-state index is 0.246. The van der Waals surface area contributed by atoms with Gasteiger partial charge in [0.2, 0.25) is 5.91 Å². The molecule has 0 saturated heterocycles. The van der Waals surface area contributed by atoms with Gasteiger partial charge in [-0.2, -0.15) is 0 Å². The van der Waals surface area contributed by atoms with E-state index >= 15 is 0 Å². The van der Waals surface area contributed by atoms with Crippen LogP contribution in [0.4, 0.5) is 0 Å². The largest absolute Gasteiger partial charge is 0.481 e. The van der Waals surface area contributed by atoms with E-state index in [1.165, 1.54) is 64.2 Å². The van der Waals surface area contributed by atoms with E-state index in [0.29, 0.717) is 12.3 Å². The molecule has 166 valence electrons. The molecule has 0 heterocycles. The zero-order valence-corrected chi connectivity index (χ0v) is 18.9. The lowest BCUT2D eigenvalue weighted by atomic mass is 10.1. The van der Waals surface area contributed by atoms with Crippen LogP contribution >= 0.6 is 0 Å². The van der Waals surface area contributed by atoms with Crippen molar-refractivity contribution in [2.75, 3.05) is 13.1 Å². The Balaban J connectivity index is 4.06. The predicted molar refractivity (Wildman–Crippen MR) is 119 cm³/mol. The van der Waals surface area contributed by atoms with Gasteiger partial charge in [0.05, 0.1) is 0 Å². The van der Waals surface area contributed by atoms with Crippen LogP contribution in [0.5, 0.6) is 0 Å². The Morgan fingerprint density at radius 3 is 1.43 bits per heavy atom. The third-order valence-corrected chi connectivity index (χ3v) is 5.45. The molecule has 0 aromatic heterocycles. The van der Waals surface area contributed by atoms with Gasteiger partial charge in [-0.25, -0.2) is 0 Å².